The third-order valence-electron chi connectivity index (χ3n) is 4.43. The van der Waals surface area contributed by atoms with Gasteiger partial charge >= 0.3 is 0 Å². The Bertz CT molecular complexity index is 285. The second-order valence-electron chi connectivity index (χ2n) is 5.84. The molecule has 0 unspecified atom stereocenters. The summed E-state index contributed by atoms with van der Waals surface area (Å²) in [6, 6.07) is 0. The maximum absolute atomic E-state index is 12.4. The molecule has 1 amide bonds. The van der Waals surface area contributed by atoms with Gasteiger partial charge in [-0.15, -0.1) is 0 Å². The summed E-state index contributed by atoms with van der Waals surface area (Å²) < 4.78 is 5.28. The van der Waals surface area contributed by atoms with Crippen molar-refractivity contribution >= 4 is 5.91 Å². The Labute approximate surface area is 121 Å². The van der Waals surface area contributed by atoms with Crippen LogP contribution in [0, 0.1) is 5.92 Å². The van der Waals surface area contributed by atoms with Gasteiger partial charge in [0.2, 0.25) is 5.91 Å². The van der Waals surface area contributed by atoms with Crippen LogP contribution >= 0.6 is 0 Å². The van der Waals surface area contributed by atoms with E-state index in [1.165, 1.54) is 19.3 Å². The molecule has 0 aromatic rings. The molecule has 5 heteroatoms. The molecule has 0 aromatic heterocycles. The van der Waals surface area contributed by atoms with Gasteiger partial charge in [0.05, 0.1) is 19.8 Å². The summed E-state index contributed by atoms with van der Waals surface area (Å²) in [6.45, 7) is 5.67. The Hall–Kier alpha value is -0.650. The minimum Gasteiger partial charge on any atom is -0.394 e. The lowest BCUT2D eigenvalue weighted by atomic mass is 9.88. The number of aliphatic hydroxyl groups excluding tert-OH is 1. The van der Waals surface area contributed by atoms with Gasteiger partial charge in [-0.1, -0.05) is 19.3 Å². The smallest absolute Gasteiger partial charge is 0.225 e. The van der Waals surface area contributed by atoms with E-state index in [2.05, 4.69) is 9.80 Å². The molecule has 1 aliphatic heterocycles. The molecule has 1 heterocycles. The van der Waals surface area contributed by atoms with E-state index in [-0.39, 0.29) is 6.61 Å². The fraction of sp³-hybridized carbons (Fsp3) is 0.933. The Morgan fingerprint density at radius 2 is 1.75 bits per heavy atom. The molecule has 1 saturated heterocycles. The van der Waals surface area contributed by atoms with E-state index in [0.717, 1.165) is 45.6 Å². The number of carbonyl (C=O) groups is 1. The zero-order valence-electron chi connectivity index (χ0n) is 12.4. The summed E-state index contributed by atoms with van der Waals surface area (Å²) in [5, 5.41) is 8.64. The second kappa shape index (κ2) is 8.60. The maximum Gasteiger partial charge on any atom is 0.225 e. The first-order valence-corrected chi connectivity index (χ1v) is 8.01. The van der Waals surface area contributed by atoms with E-state index >= 15 is 0 Å². The zero-order chi connectivity index (χ0) is 14.2. The van der Waals surface area contributed by atoms with Gasteiger partial charge in [0.15, 0.2) is 0 Å². The molecule has 2 rings (SSSR count). The summed E-state index contributed by atoms with van der Waals surface area (Å²) in [6.07, 6.45) is 5.92. The van der Waals surface area contributed by atoms with Crippen LogP contribution in [0.4, 0.5) is 0 Å². The molecule has 1 aliphatic carbocycles. The van der Waals surface area contributed by atoms with Crippen LogP contribution in [0.2, 0.25) is 0 Å². The molecule has 0 bridgehead atoms. The van der Waals surface area contributed by atoms with E-state index in [0.29, 0.717) is 25.0 Å². The summed E-state index contributed by atoms with van der Waals surface area (Å²) >= 11 is 0. The Morgan fingerprint density at radius 1 is 1.05 bits per heavy atom. The van der Waals surface area contributed by atoms with Crippen LogP contribution in [-0.2, 0) is 9.53 Å². The minimum absolute atomic E-state index is 0.0870. The first kappa shape index (κ1) is 15.7. The number of nitrogens with zero attached hydrogens (tertiary/aromatic N) is 2. The van der Waals surface area contributed by atoms with Gasteiger partial charge in [-0.2, -0.15) is 0 Å². The van der Waals surface area contributed by atoms with E-state index in [9.17, 15) is 4.79 Å². The molecule has 5 nitrogen and oxygen atoms in total. The van der Waals surface area contributed by atoms with Crippen molar-refractivity contribution in [3.8, 4) is 0 Å². The summed E-state index contributed by atoms with van der Waals surface area (Å²) in [4.78, 5) is 16.8. The number of hydrogen-bond acceptors (Lipinski definition) is 4. The lowest BCUT2D eigenvalue weighted by molar-refractivity contribution is -0.138. The fourth-order valence-corrected chi connectivity index (χ4v) is 3.16. The third kappa shape index (κ3) is 4.72. The van der Waals surface area contributed by atoms with Gasteiger partial charge in [0, 0.05) is 38.6 Å². The molecular formula is C15H28N2O3. The molecule has 2 aliphatic rings. The van der Waals surface area contributed by atoms with E-state index in [1.54, 1.807) is 0 Å². The summed E-state index contributed by atoms with van der Waals surface area (Å²) in [5.41, 5.74) is 0. The van der Waals surface area contributed by atoms with Gasteiger partial charge in [0.25, 0.3) is 0 Å². The van der Waals surface area contributed by atoms with Gasteiger partial charge < -0.3 is 14.7 Å². The highest BCUT2D eigenvalue weighted by Crippen LogP contribution is 2.25. The predicted molar refractivity (Wildman–Crippen MR) is 77.5 cm³/mol. The SMILES string of the molecule is O=C(C1CCCCC1)N1CCN(CCOCCO)CC1. The van der Waals surface area contributed by atoms with Gasteiger partial charge in [0.1, 0.15) is 0 Å². The van der Waals surface area contributed by atoms with Crippen LogP contribution in [0.3, 0.4) is 0 Å². The number of amides is 1. The van der Waals surface area contributed by atoms with Crippen molar-refractivity contribution in [2.24, 2.45) is 5.92 Å². The van der Waals surface area contributed by atoms with Crippen molar-refractivity contribution in [2.75, 3.05) is 52.5 Å². The number of rotatable bonds is 6. The number of piperazine rings is 1. The van der Waals surface area contributed by atoms with Gasteiger partial charge in [-0.05, 0) is 12.8 Å². The van der Waals surface area contributed by atoms with Crippen LogP contribution in [-0.4, -0.2) is 73.4 Å². The zero-order valence-corrected chi connectivity index (χ0v) is 12.4. The molecule has 0 spiro atoms. The van der Waals surface area contributed by atoms with Crippen LogP contribution in [0.5, 0.6) is 0 Å². The Kier molecular flexibility index (Phi) is 6.76. The lowest BCUT2D eigenvalue weighted by Gasteiger charge is -2.37. The minimum atomic E-state index is 0.0870. The van der Waals surface area contributed by atoms with Crippen molar-refractivity contribution in [3.63, 3.8) is 0 Å². The van der Waals surface area contributed by atoms with Crippen LogP contribution in [0.1, 0.15) is 32.1 Å². The van der Waals surface area contributed by atoms with Crippen molar-refractivity contribution in [3.05, 3.63) is 0 Å². The topological polar surface area (TPSA) is 53.0 Å². The van der Waals surface area contributed by atoms with Crippen LogP contribution in [0.25, 0.3) is 0 Å². The molecular weight excluding hydrogens is 256 g/mol. The average molecular weight is 284 g/mol. The Morgan fingerprint density at radius 3 is 2.40 bits per heavy atom. The molecule has 116 valence electrons. The second-order valence-corrected chi connectivity index (χ2v) is 5.84. The van der Waals surface area contributed by atoms with Crippen molar-refractivity contribution in [1.29, 1.82) is 0 Å². The lowest BCUT2D eigenvalue weighted by Crippen LogP contribution is -2.51. The first-order valence-electron chi connectivity index (χ1n) is 8.01. The fourth-order valence-electron chi connectivity index (χ4n) is 3.16. The molecule has 20 heavy (non-hydrogen) atoms. The van der Waals surface area contributed by atoms with Gasteiger partial charge in [-0.25, -0.2) is 0 Å². The highest BCUT2D eigenvalue weighted by Gasteiger charge is 2.28. The molecule has 0 aromatic carbocycles. The monoisotopic (exact) mass is 284 g/mol. The third-order valence-corrected chi connectivity index (χ3v) is 4.43. The first-order chi connectivity index (χ1) is 9.81. The molecule has 1 N–H and O–H groups in total. The normalized spacial score (nSPS) is 22.1. The van der Waals surface area contributed by atoms with Crippen molar-refractivity contribution in [1.82, 2.24) is 9.80 Å². The molecule has 0 atom stereocenters. The number of aliphatic hydroxyl groups is 1. The van der Waals surface area contributed by atoms with E-state index in [1.807, 2.05) is 0 Å². The summed E-state index contributed by atoms with van der Waals surface area (Å²) in [7, 11) is 0. The summed E-state index contributed by atoms with van der Waals surface area (Å²) in [5.74, 6) is 0.684. The number of carbonyl (C=O) groups excluding carboxylic acids is 1. The molecule has 0 radical (unpaired) electrons. The largest absolute Gasteiger partial charge is 0.394 e. The van der Waals surface area contributed by atoms with Crippen LogP contribution < -0.4 is 0 Å². The van der Waals surface area contributed by atoms with Crippen LogP contribution in [0.15, 0.2) is 0 Å². The predicted octanol–water partition coefficient (Wildman–Crippen LogP) is 0.720. The standard InChI is InChI=1S/C15H28N2O3/c18-11-13-20-12-10-16-6-8-17(9-7-16)15(19)14-4-2-1-3-5-14/h14,18H,1-13H2. The van der Waals surface area contributed by atoms with Crippen molar-refractivity contribution in [2.45, 2.75) is 32.1 Å². The van der Waals surface area contributed by atoms with E-state index < -0.39 is 0 Å². The highest BCUT2D eigenvalue weighted by atomic mass is 16.5. The average Bonchev–Trinajstić information content (AvgIpc) is 2.52. The highest BCUT2D eigenvalue weighted by molar-refractivity contribution is 5.79. The number of ether oxygens (including phenoxy) is 1. The quantitative estimate of drug-likeness (QED) is 0.730. The Balaban J connectivity index is 1.64. The van der Waals surface area contributed by atoms with Crippen molar-refractivity contribution < 1.29 is 14.6 Å². The molecule has 2 fully saturated rings. The maximum atomic E-state index is 12.4. The molecule has 1 saturated carbocycles. The van der Waals surface area contributed by atoms with Gasteiger partial charge in [-0.3, -0.25) is 9.69 Å². The van der Waals surface area contributed by atoms with E-state index in [4.69, 9.17) is 9.84 Å². The number of hydrogen-bond donors (Lipinski definition) is 1.